The van der Waals surface area contributed by atoms with Crippen LogP contribution in [-0.2, 0) is 8.20 Å². The van der Waals surface area contributed by atoms with Gasteiger partial charge in [-0.1, -0.05) is 36.3 Å². The Labute approximate surface area is 92.5 Å². The molecule has 1 aromatic rings. The van der Waals surface area contributed by atoms with Crippen LogP contribution in [0.25, 0.3) is 0 Å². The molecule has 0 aliphatic heterocycles. The molecule has 0 heterocycles. The smallest absolute Gasteiger partial charge is 0.249 e. The zero-order chi connectivity index (χ0) is 10.8. The van der Waals surface area contributed by atoms with E-state index in [1.165, 1.54) is 0 Å². The van der Waals surface area contributed by atoms with Gasteiger partial charge in [-0.25, -0.2) is 8.42 Å². The first kappa shape index (κ1) is 11.8. The van der Waals surface area contributed by atoms with Crippen molar-refractivity contribution >= 4 is 22.3 Å². The van der Waals surface area contributed by atoms with Crippen LogP contribution in [0.4, 0.5) is 0 Å². The highest BCUT2D eigenvalue weighted by Gasteiger charge is 2.19. The maximum absolute atomic E-state index is 11.8. The first-order valence-electron chi connectivity index (χ1n) is 4.58. The molecule has 14 heavy (non-hydrogen) atoms. The molecule has 0 aromatic heterocycles. The van der Waals surface area contributed by atoms with Crippen LogP contribution in [0.5, 0.6) is 0 Å². The van der Waals surface area contributed by atoms with Crippen molar-refractivity contribution in [2.75, 3.05) is 0 Å². The van der Waals surface area contributed by atoms with E-state index in [0.29, 0.717) is 4.90 Å². The fraction of sp³-hybridized carbons (Fsp3) is 0.400. The van der Waals surface area contributed by atoms with Gasteiger partial charge in [-0.15, -0.1) is 0 Å². The minimum absolute atomic E-state index is 0. The molecule has 4 heteroatoms. The summed E-state index contributed by atoms with van der Waals surface area (Å²) in [6.45, 7) is 5.84. The van der Waals surface area contributed by atoms with Gasteiger partial charge in [-0.2, -0.15) is 0 Å². The van der Waals surface area contributed by atoms with Crippen LogP contribution in [0.15, 0.2) is 29.2 Å². The highest BCUT2D eigenvalue weighted by atomic mass is 32.4. The zero-order valence-corrected chi connectivity index (χ0v) is 10.7. The molecule has 2 nitrogen and oxygen atoms in total. The standard InChI is InChI=1S/C7H7O2S.C3H7.Al.H2/c1-6-2-4-7(5-3-6)10(8)9;1-3-2;;/h2-5H,1H3;3H,1-2H3;;1H. The molecule has 0 aliphatic carbocycles. The second-order valence-corrected chi connectivity index (χ2v) is 9.58. The van der Waals surface area contributed by atoms with E-state index in [0.717, 1.165) is 5.56 Å². The molecular weight excluding hydrogens is 211 g/mol. The Hall–Kier alpha value is -0.298. The normalized spacial score (nSPS) is 11.7. The molecule has 0 saturated carbocycles. The number of rotatable bonds is 3. The van der Waals surface area contributed by atoms with E-state index < -0.39 is 22.3 Å². The summed E-state index contributed by atoms with van der Waals surface area (Å²) in [7, 11) is -2.99. The van der Waals surface area contributed by atoms with Crippen LogP contribution >= 0.6 is 0 Å². The molecule has 0 unspecified atom stereocenters. The molecule has 1 radical (unpaired) electrons. The highest BCUT2D eigenvalue weighted by Crippen LogP contribution is 2.14. The number of aryl methyl sites for hydroxylation is 1. The van der Waals surface area contributed by atoms with E-state index in [9.17, 15) is 8.42 Å². The lowest BCUT2D eigenvalue weighted by Gasteiger charge is -2.05. The predicted molar refractivity (Wildman–Crippen MR) is 61.3 cm³/mol. The molecule has 0 fully saturated rings. The molecule has 0 saturated heterocycles. The predicted octanol–water partition coefficient (Wildman–Crippen LogP) is 2.46. The van der Waals surface area contributed by atoms with Gasteiger partial charge in [0.25, 0.3) is 0 Å². The highest BCUT2D eigenvalue weighted by molar-refractivity contribution is 8.15. The van der Waals surface area contributed by atoms with Crippen molar-refractivity contribution in [2.45, 2.75) is 30.4 Å². The summed E-state index contributed by atoms with van der Waals surface area (Å²) in [5, 5.41) is 0. The first-order chi connectivity index (χ1) is 6.42. The molecule has 1 rings (SSSR count). The monoisotopic (exact) mass is 227 g/mol. The molecular formula is C10H16AlO2S. The van der Waals surface area contributed by atoms with Gasteiger partial charge >= 0.3 is 14.1 Å². The molecule has 0 atom stereocenters. The van der Waals surface area contributed by atoms with Crippen molar-refractivity contribution in [1.29, 1.82) is 0 Å². The Morgan fingerprint density at radius 1 is 1.21 bits per heavy atom. The van der Waals surface area contributed by atoms with Gasteiger partial charge in [0, 0.05) is 6.32 Å². The molecule has 0 amide bonds. The lowest BCUT2D eigenvalue weighted by Crippen LogP contribution is -2.13. The number of benzene rings is 1. The molecule has 0 bridgehead atoms. The van der Waals surface area contributed by atoms with Crippen LogP contribution in [0.2, 0.25) is 4.78 Å². The molecule has 0 spiro atoms. The summed E-state index contributed by atoms with van der Waals surface area (Å²) >= 11 is -0.551. The van der Waals surface area contributed by atoms with Gasteiger partial charge < -0.3 is 0 Å². The van der Waals surface area contributed by atoms with Crippen LogP contribution in [0.3, 0.4) is 0 Å². The van der Waals surface area contributed by atoms with E-state index >= 15 is 0 Å². The quantitative estimate of drug-likeness (QED) is 0.743. The van der Waals surface area contributed by atoms with Gasteiger partial charge in [0.15, 0.2) is 0 Å². The lowest BCUT2D eigenvalue weighted by atomic mass is 10.2. The maximum atomic E-state index is 11.8. The van der Waals surface area contributed by atoms with Crippen molar-refractivity contribution in [3.63, 3.8) is 0 Å². The van der Waals surface area contributed by atoms with Crippen LogP contribution in [-0.4, -0.2) is 22.5 Å². The topological polar surface area (TPSA) is 34.1 Å². The SMILES string of the molecule is Cc1ccc([S](=O)(=O)[Al][CH](C)C)cc1.[HH]. The summed E-state index contributed by atoms with van der Waals surface area (Å²) in [5.74, 6) is 0. The van der Waals surface area contributed by atoms with E-state index in [-0.39, 0.29) is 6.21 Å². The average molecular weight is 227 g/mol. The maximum Gasteiger partial charge on any atom is 0.423 e. The summed E-state index contributed by atoms with van der Waals surface area (Å²) in [6, 6.07) is 7.07. The van der Waals surface area contributed by atoms with Gasteiger partial charge in [0.1, 0.15) is 0 Å². The Balaban J connectivity index is 0.00000196. The Morgan fingerprint density at radius 3 is 2.14 bits per heavy atom. The third kappa shape index (κ3) is 3.13. The van der Waals surface area contributed by atoms with E-state index in [1.807, 2.05) is 32.9 Å². The summed E-state index contributed by atoms with van der Waals surface area (Å²) in [5.41, 5.74) is 1.09. The van der Waals surface area contributed by atoms with E-state index in [2.05, 4.69) is 0 Å². The fourth-order valence-corrected chi connectivity index (χ4v) is 5.65. The lowest BCUT2D eigenvalue weighted by molar-refractivity contribution is 0.608. The molecule has 0 aliphatic rings. The third-order valence-electron chi connectivity index (χ3n) is 1.80. The van der Waals surface area contributed by atoms with Crippen LogP contribution in [0.1, 0.15) is 20.8 Å². The second kappa shape index (κ2) is 4.48. The van der Waals surface area contributed by atoms with E-state index in [4.69, 9.17) is 0 Å². The van der Waals surface area contributed by atoms with Gasteiger partial charge in [-0.3, -0.25) is 0 Å². The van der Waals surface area contributed by atoms with Crippen molar-refractivity contribution < 1.29 is 9.84 Å². The summed E-state index contributed by atoms with van der Waals surface area (Å²) in [6.07, 6.45) is 0. The fourth-order valence-electron chi connectivity index (χ4n) is 1.16. The minimum Gasteiger partial charge on any atom is -0.249 e. The van der Waals surface area contributed by atoms with Crippen molar-refractivity contribution in [3.05, 3.63) is 29.8 Å². The first-order valence-corrected chi connectivity index (χ1v) is 8.21. The van der Waals surface area contributed by atoms with Crippen LogP contribution < -0.4 is 0 Å². The summed E-state index contributed by atoms with van der Waals surface area (Å²) < 4.78 is 23.8. The Bertz CT molecular complexity index is 398. The van der Waals surface area contributed by atoms with Crippen molar-refractivity contribution in [1.82, 2.24) is 0 Å². The molecule has 1 aromatic carbocycles. The molecule has 0 N–H and O–H groups in total. The summed E-state index contributed by atoms with van der Waals surface area (Å²) in [4.78, 5) is 0.465. The number of hydrogen-bond acceptors (Lipinski definition) is 2. The Kier molecular flexibility index (Phi) is 3.77. The average Bonchev–Trinajstić information content (AvgIpc) is 2.02. The minimum atomic E-state index is -2.99. The van der Waals surface area contributed by atoms with Gasteiger partial charge in [0.05, 0.1) is 8.20 Å². The molecule has 77 valence electrons. The largest absolute Gasteiger partial charge is 0.423 e. The second-order valence-electron chi connectivity index (χ2n) is 3.74. The Morgan fingerprint density at radius 2 is 1.71 bits per heavy atom. The zero-order valence-electron chi connectivity index (χ0n) is 8.69. The number of hydrogen-bond donors (Lipinski definition) is 0. The van der Waals surface area contributed by atoms with Gasteiger partial charge in [0.2, 0.25) is 0 Å². The van der Waals surface area contributed by atoms with Crippen molar-refractivity contribution in [2.24, 2.45) is 0 Å². The van der Waals surface area contributed by atoms with Gasteiger partial charge in [-0.05, 0) is 19.1 Å². The van der Waals surface area contributed by atoms with Crippen molar-refractivity contribution in [3.8, 4) is 0 Å². The van der Waals surface area contributed by atoms with E-state index in [1.54, 1.807) is 12.1 Å². The third-order valence-corrected chi connectivity index (χ3v) is 7.16. The van der Waals surface area contributed by atoms with Crippen LogP contribution in [0, 0.1) is 6.92 Å².